The molecule has 0 spiro atoms. The van der Waals surface area contributed by atoms with E-state index in [0.717, 1.165) is 18.5 Å². The van der Waals surface area contributed by atoms with Gasteiger partial charge in [-0.25, -0.2) is 0 Å². The summed E-state index contributed by atoms with van der Waals surface area (Å²) in [6.07, 6.45) is 7.61. The third-order valence-electron chi connectivity index (χ3n) is 4.94. The van der Waals surface area contributed by atoms with Crippen LogP contribution in [0.1, 0.15) is 38.3 Å². The van der Waals surface area contributed by atoms with E-state index in [1.54, 1.807) is 0 Å². The van der Waals surface area contributed by atoms with Crippen molar-refractivity contribution >= 4 is 0 Å². The largest absolute Gasteiger partial charge is 0.298 e. The Morgan fingerprint density at radius 3 is 2.70 bits per heavy atom. The quantitative estimate of drug-likeness (QED) is 0.844. The Labute approximate surface area is 123 Å². The first-order valence-electron chi connectivity index (χ1n) is 8.17. The Morgan fingerprint density at radius 2 is 2.00 bits per heavy atom. The van der Waals surface area contributed by atoms with E-state index in [1.165, 1.54) is 57.6 Å². The molecule has 2 atom stereocenters. The van der Waals surface area contributed by atoms with Gasteiger partial charge in [0, 0.05) is 45.0 Å². The van der Waals surface area contributed by atoms with Crippen LogP contribution in [-0.4, -0.2) is 47.0 Å². The normalized spacial score (nSPS) is 29.4. The van der Waals surface area contributed by atoms with Gasteiger partial charge in [-0.2, -0.15) is 0 Å². The van der Waals surface area contributed by atoms with Gasteiger partial charge in [-0.3, -0.25) is 14.8 Å². The number of aromatic nitrogens is 1. The monoisotopic (exact) mass is 273 g/mol. The number of nitrogens with zero attached hydrogens (tertiary/aromatic N) is 3. The lowest BCUT2D eigenvalue weighted by Crippen LogP contribution is -2.51. The molecular formula is C17H27N3. The minimum absolute atomic E-state index is 0.857. The Morgan fingerprint density at radius 1 is 1.15 bits per heavy atom. The van der Waals surface area contributed by atoms with E-state index < -0.39 is 0 Å². The first kappa shape index (κ1) is 14.0. The topological polar surface area (TPSA) is 19.4 Å². The Balaban J connectivity index is 1.47. The number of rotatable bonds is 3. The highest BCUT2D eigenvalue weighted by atomic mass is 15.3. The van der Waals surface area contributed by atoms with Gasteiger partial charge >= 0.3 is 0 Å². The number of pyridine rings is 1. The maximum absolute atomic E-state index is 4.44. The number of piperazine rings is 1. The summed E-state index contributed by atoms with van der Waals surface area (Å²) in [6, 6.07) is 7.07. The summed E-state index contributed by atoms with van der Waals surface area (Å²) in [5, 5.41) is 0. The maximum Gasteiger partial charge on any atom is 0.0543 e. The van der Waals surface area contributed by atoms with Crippen molar-refractivity contribution in [2.75, 3.05) is 26.2 Å². The molecule has 2 heterocycles. The van der Waals surface area contributed by atoms with Crippen molar-refractivity contribution in [1.82, 2.24) is 14.8 Å². The average molecular weight is 273 g/mol. The lowest BCUT2D eigenvalue weighted by Gasteiger charge is -2.42. The van der Waals surface area contributed by atoms with Crippen LogP contribution in [0.4, 0.5) is 0 Å². The standard InChI is InChI=1S/C17H27N3/c1-15-5-4-7-17(13-15)20-11-9-19(10-12-20)14-16-6-2-3-8-18-16/h2-3,6,8,15,17H,4-5,7,9-14H2,1H3/t15-,17+/m0/s1. The van der Waals surface area contributed by atoms with Crippen molar-refractivity contribution in [2.24, 2.45) is 5.92 Å². The van der Waals surface area contributed by atoms with E-state index >= 15 is 0 Å². The Bertz CT molecular complexity index is 398. The summed E-state index contributed by atoms with van der Waals surface area (Å²) in [5.41, 5.74) is 1.20. The molecule has 1 aromatic rings. The first-order chi connectivity index (χ1) is 9.81. The van der Waals surface area contributed by atoms with Gasteiger partial charge in [-0.05, 0) is 30.9 Å². The van der Waals surface area contributed by atoms with Crippen LogP contribution >= 0.6 is 0 Å². The molecule has 1 saturated carbocycles. The third-order valence-corrected chi connectivity index (χ3v) is 4.94. The van der Waals surface area contributed by atoms with Crippen LogP contribution in [0.3, 0.4) is 0 Å². The van der Waals surface area contributed by atoms with Gasteiger partial charge in [0.25, 0.3) is 0 Å². The second-order valence-electron chi connectivity index (χ2n) is 6.56. The van der Waals surface area contributed by atoms with E-state index in [0.29, 0.717) is 0 Å². The fraction of sp³-hybridized carbons (Fsp3) is 0.706. The first-order valence-corrected chi connectivity index (χ1v) is 8.17. The molecule has 2 fully saturated rings. The van der Waals surface area contributed by atoms with Crippen molar-refractivity contribution in [3.63, 3.8) is 0 Å². The van der Waals surface area contributed by atoms with Crippen LogP contribution in [0.2, 0.25) is 0 Å². The highest BCUT2D eigenvalue weighted by Gasteiger charge is 2.27. The summed E-state index contributed by atoms with van der Waals surface area (Å²) in [6.45, 7) is 8.30. The van der Waals surface area contributed by atoms with Gasteiger partial charge in [-0.1, -0.05) is 25.8 Å². The van der Waals surface area contributed by atoms with Crippen molar-refractivity contribution < 1.29 is 0 Å². The fourth-order valence-electron chi connectivity index (χ4n) is 3.74. The molecule has 3 nitrogen and oxygen atoms in total. The van der Waals surface area contributed by atoms with Gasteiger partial charge in [0.05, 0.1) is 5.69 Å². The summed E-state index contributed by atoms with van der Waals surface area (Å²) in [5.74, 6) is 0.931. The molecule has 110 valence electrons. The molecule has 1 aliphatic heterocycles. The van der Waals surface area contributed by atoms with Gasteiger partial charge in [-0.15, -0.1) is 0 Å². The lowest BCUT2D eigenvalue weighted by atomic mass is 9.86. The third kappa shape index (κ3) is 3.58. The van der Waals surface area contributed by atoms with Gasteiger partial charge < -0.3 is 0 Å². The minimum atomic E-state index is 0.857. The number of hydrogen-bond acceptors (Lipinski definition) is 3. The van der Waals surface area contributed by atoms with Crippen LogP contribution in [0.25, 0.3) is 0 Å². The van der Waals surface area contributed by atoms with E-state index in [4.69, 9.17) is 0 Å². The highest BCUT2D eigenvalue weighted by molar-refractivity contribution is 5.03. The zero-order valence-electron chi connectivity index (χ0n) is 12.7. The molecule has 0 N–H and O–H groups in total. The summed E-state index contributed by atoms with van der Waals surface area (Å²) >= 11 is 0. The van der Waals surface area contributed by atoms with Crippen molar-refractivity contribution in [1.29, 1.82) is 0 Å². The smallest absolute Gasteiger partial charge is 0.0543 e. The number of hydrogen-bond donors (Lipinski definition) is 0. The zero-order chi connectivity index (χ0) is 13.8. The van der Waals surface area contributed by atoms with Crippen LogP contribution in [-0.2, 0) is 6.54 Å². The van der Waals surface area contributed by atoms with E-state index in [1.807, 2.05) is 12.3 Å². The second-order valence-corrected chi connectivity index (χ2v) is 6.56. The van der Waals surface area contributed by atoms with E-state index in [2.05, 4.69) is 33.8 Å². The molecule has 3 rings (SSSR count). The minimum Gasteiger partial charge on any atom is -0.298 e. The predicted octanol–water partition coefficient (Wildman–Crippen LogP) is 2.78. The summed E-state index contributed by atoms with van der Waals surface area (Å²) in [7, 11) is 0. The Hall–Kier alpha value is -0.930. The van der Waals surface area contributed by atoms with Gasteiger partial charge in [0.1, 0.15) is 0 Å². The van der Waals surface area contributed by atoms with E-state index in [-0.39, 0.29) is 0 Å². The molecule has 3 heteroatoms. The maximum atomic E-state index is 4.44. The summed E-state index contributed by atoms with van der Waals surface area (Å²) < 4.78 is 0. The average Bonchev–Trinajstić information content (AvgIpc) is 2.49. The van der Waals surface area contributed by atoms with E-state index in [9.17, 15) is 0 Å². The molecule has 0 bridgehead atoms. The summed E-state index contributed by atoms with van der Waals surface area (Å²) in [4.78, 5) is 9.72. The molecule has 0 amide bonds. The molecule has 0 aromatic carbocycles. The van der Waals surface area contributed by atoms with Crippen LogP contribution in [0.5, 0.6) is 0 Å². The molecule has 1 aromatic heterocycles. The van der Waals surface area contributed by atoms with Gasteiger partial charge in [0.2, 0.25) is 0 Å². The van der Waals surface area contributed by atoms with Crippen molar-refractivity contribution in [2.45, 2.75) is 45.2 Å². The van der Waals surface area contributed by atoms with Crippen LogP contribution in [0.15, 0.2) is 24.4 Å². The molecule has 0 unspecified atom stereocenters. The zero-order valence-corrected chi connectivity index (χ0v) is 12.7. The second kappa shape index (κ2) is 6.68. The van der Waals surface area contributed by atoms with Gasteiger partial charge in [0.15, 0.2) is 0 Å². The molecule has 1 saturated heterocycles. The lowest BCUT2D eigenvalue weighted by molar-refractivity contribution is 0.0654. The Kier molecular flexibility index (Phi) is 4.69. The highest BCUT2D eigenvalue weighted by Crippen LogP contribution is 2.27. The molecule has 20 heavy (non-hydrogen) atoms. The van der Waals surface area contributed by atoms with Crippen molar-refractivity contribution in [3.05, 3.63) is 30.1 Å². The predicted molar refractivity (Wildman–Crippen MR) is 82.5 cm³/mol. The molecular weight excluding hydrogens is 246 g/mol. The molecule has 2 aliphatic rings. The van der Waals surface area contributed by atoms with Crippen LogP contribution in [0, 0.1) is 5.92 Å². The van der Waals surface area contributed by atoms with Crippen LogP contribution < -0.4 is 0 Å². The molecule has 0 radical (unpaired) electrons. The fourth-order valence-corrected chi connectivity index (χ4v) is 3.74. The van der Waals surface area contributed by atoms with Crippen molar-refractivity contribution in [3.8, 4) is 0 Å². The molecule has 1 aliphatic carbocycles. The SMILES string of the molecule is C[C@H]1CCC[C@@H](N2CCN(Cc3ccccn3)CC2)C1.